The molecule has 0 spiro atoms. The number of carboxylic acid groups (broad SMARTS) is 1. The van der Waals surface area contributed by atoms with E-state index in [2.05, 4.69) is 21.7 Å². The summed E-state index contributed by atoms with van der Waals surface area (Å²) in [6.07, 6.45) is -0.575. The van der Waals surface area contributed by atoms with E-state index in [1.165, 1.54) is 6.92 Å². The molecule has 2 aliphatic rings. The van der Waals surface area contributed by atoms with E-state index in [-0.39, 0.29) is 60.0 Å². The van der Waals surface area contributed by atoms with Gasteiger partial charge in [0, 0.05) is 19.4 Å². The molecule has 0 saturated carbocycles. The molecular weight excluding hydrogens is 926 g/mol. The lowest BCUT2D eigenvalue weighted by Gasteiger charge is -2.36. The van der Waals surface area contributed by atoms with Gasteiger partial charge in [0.15, 0.2) is 26.9 Å². The number of aliphatic carboxylic acids is 1. The first-order valence-corrected chi connectivity index (χ1v) is 23.7. The van der Waals surface area contributed by atoms with E-state index in [9.17, 15) is 27.9 Å². The maximum absolute atomic E-state index is 14.7. The molecule has 2 aliphatic heterocycles. The minimum atomic E-state index is -4.49. The van der Waals surface area contributed by atoms with E-state index in [0.717, 1.165) is 37.9 Å². The predicted octanol–water partition coefficient (Wildman–Crippen LogP) is 8.66. The summed E-state index contributed by atoms with van der Waals surface area (Å²) >= 11 is 13.0. The SMILES string of the molecule is CCC(=O)Nc1nc(C)c(S(=O)(=O)N2Cc3cc4c(cc3C[C@H]2C(=O)N[C@@H](Cc2ccc(-c3ccc(C#N)cc3)cc2)C(=O)O)OCC(c2ccc(OCc3ccc(Cl)c(Cl)c3)cc2)O4)s1. The van der Waals surface area contributed by atoms with Crippen molar-refractivity contribution in [2.45, 2.75) is 68.7 Å². The van der Waals surface area contributed by atoms with Gasteiger partial charge >= 0.3 is 5.97 Å². The molecule has 1 aromatic heterocycles. The fourth-order valence-electron chi connectivity index (χ4n) is 7.61. The number of thiazole rings is 1. The quantitative estimate of drug-likeness (QED) is 0.0945. The Hall–Kier alpha value is -6.48. The van der Waals surface area contributed by atoms with E-state index in [4.69, 9.17) is 42.7 Å². The zero-order chi connectivity index (χ0) is 46.7. The lowest BCUT2D eigenvalue weighted by atomic mass is 9.94. The van der Waals surface area contributed by atoms with E-state index in [0.29, 0.717) is 49.5 Å². The highest BCUT2D eigenvalue weighted by molar-refractivity contribution is 7.91. The van der Waals surface area contributed by atoms with Crippen molar-refractivity contribution in [2.75, 3.05) is 11.9 Å². The number of carbonyl (C=O) groups is 3. The van der Waals surface area contributed by atoms with Crippen LogP contribution in [0.2, 0.25) is 10.0 Å². The third kappa shape index (κ3) is 10.2. The number of hydrogen-bond donors (Lipinski definition) is 3. The van der Waals surface area contributed by atoms with Crippen molar-refractivity contribution in [1.82, 2.24) is 14.6 Å². The van der Waals surface area contributed by atoms with Crippen molar-refractivity contribution < 1.29 is 42.1 Å². The minimum absolute atomic E-state index is 0.0872. The number of anilines is 1. The number of benzene rings is 5. The Morgan fingerprint density at radius 1 is 0.939 bits per heavy atom. The van der Waals surface area contributed by atoms with Crippen LogP contribution in [0.15, 0.2) is 107 Å². The summed E-state index contributed by atoms with van der Waals surface area (Å²) in [5, 5.41) is 25.7. The molecule has 1 unspecified atom stereocenters. The molecule has 0 fully saturated rings. The minimum Gasteiger partial charge on any atom is -0.489 e. The summed E-state index contributed by atoms with van der Waals surface area (Å²) in [6.45, 7) is 3.33. The number of ether oxygens (including phenoxy) is 3. The number of sulfonamides is 1. The van der Waals surface area contributed by atoms with Crippen molar-refractivity contribution in [3.8, 4) is 34.4 Å². The van der Waals surface area contributed by atoms with Crippen LogP contribution in [0, 0.1) is 18.3 Å². The maximum atomic E-state index is 14.7. The van der Waals surface area contributed by atoms with Crippen LogP contribution >= 0.6 is 34.5 Å². The van der Waals surface area contributed by atoms with Crippen LogP contribution in [0.5, 0.6) is 17.2 Å². The Bertz CT molecular complexity index is 2980. The topological polar surface area (TPSA) is 197 Å². The fraction of sp³-hybridized carbons (Fsp3) is 0.229. The molecule has 0 aliphatic carbocycles. The van der Waals surface area contributed by atoms with Crippen LogP contribution in [0.4, 0.5) is 5.13 Å². The van der Waals surface area contributed by atoms with Crippen LogP contribution in [0.3, 0.4) is 0 Å². The largest absolute Gasteiger partial charge is 0.489 e. The number of carbonyl (C=O) groups excluding carboxylic acids is 2. The van der Waals surface area contributed by atoms with Crippen molar-refractivity contribution in [3.05, 3.63) is 152 Å². The molecule has 338 valence electrons. The molecule has 2 amide bonds. The van der Waals surface area contributed by atoms with Gasteiger partial charge in [-0.15, -0.1) is 0 Å². The van der Waals surface area contributed by atoms with Gasteiger partial charge in [-0.05, 0) is 101 Å². The zero-order valence-corrected chi connectivity index (χ0v) is 38.6. The van der Waals surface area contributed by atoms with Gasteiger partial charge in [0.2, 0.25) is 11.8 Å². The first kappa shape index (κ1) is 46.1. The van der Waals surface area contributed by atoms with E-state index in [1.807, 2.05) is 54.6 Å². The van der Waals surface area contributed by atoms with E-state index < -0.39 is 40.1 Å². The number of nitrogens with zero attached hydrogens (tertiary/aromatic N) is 3. The number of carboxylic acids is 1. The monoisotopic (exact) mass is 965 g/mol. The molecule has 3 atom stereocenters. The number of rotatable bonds is 14. The number of nitrogens with one attached hydrogen (secondary N) is 2. The zero-order valence-electron chi connectivity index (χ0n) is 35.4. The summed E-state index contributed by atoms with van der Waals surface area (Å²) in [6, 6.07) is 29.6. The van der Waals surface area contributed by atoms with Gasteiger partial charge in [0.05, 0.1) is 27.4 Å². The molecular formula is C48H41Cl2N5O9S2. The van der Waals surface area contributed by atoms with Gasteiger partial charge in [0.25, 0.3) is 10.0 Å². The second-order valence-electron chi connectivity index (χ2n) is 15.6. The average molecular weight is 967 g/mol. The van der Waals surface area contributed by atoms with E-state index in [1.54, 1.807) is 55.5 Å². The van der Waals surface area contributed by atoms with Crippen LogP contribution in [-0.4, -0.2) is 59.3 Å². The molecule has 3 heterocycles. The number of aromatic nitrogens is 1. The van der Waals surface area contributed by atoms with Crippen molar-refractivity contribution >= 4 is 67.5 Å². The van der Waals surface area contributed by atoms with Crippen molar-refractivity contribution in [3.63, 3.8) is 0 Å². The summed E-state index contributed by atoms with van der Waals surface area (Å²) in [4.78, 5) is 43.6. The lowest BCUT2D eigenvalue weighted by Crippen LogP contribution is -2.55. The molecule has 6 aromatic rings. The molecule has 14 nitrogen and oxygen atoms in total. The normalized spacial score (nSPS) is 16.0. The molecule has 0 saturated heterocycles. The van der Waals surface area contributed by atoms with Crippen LogP contribution in [-0.2, 0) is 50.4 Å². The third-order valence-corrected chi connectivity index (χ3v) is 15.4. The highest BCUT2D eigenvalue weighted by Crippen LogP contribution is 2.43. The van der Waals surface area contributed by atoms with E-state index >= 15 is 0 Å². The average Bonchev–Trinajstić information content (AvgIpc) is 3.70. The van der Waals surface area contributed by atoms with Gasteiger partial charge in [-0.3, -0.25) is 9.59 Å². The second-order valence-corrected chi connectivity index (χ2v) is 19.5. The number of halogens is 2. The molecule has 0 bridgehead atoms. The van der Waals surface area contributed by atoms with Gasteiger partial charge in [0.1, 0.15) is 31.0 Å². The predicted molar refractivity (Wildman–Crippen MR) is 248 cm³/mol. The summed E-state index contributed by atoms with van der Waals surface area (Å²) in [5.74, 6) is -1.07. The van der Waals surface area contributed by atoms with Crippen molar-refractivity contribution in [2.24, 2.45) is 0 Å². The third-order valence-electron chi connectivity index (χ3n) is 11.2. The van der Waals surface area contributed by atoms with Crippen LogP contribution in [0.1, 0.15) is 58.5 Å². The molecule has 0 radical (unpaired) electrons. The molecule has 5 aromatic carbocycles. The number of nitriles is 1. The summed E-state index contributed by atoms with van der Waals surface area (Å²) < 4.78 is 48.9. The fourth-order valence-corrected chi connectivity index (χ4v) is 11.0. The highest BCUT2D eigenvalue weighted by atomic mass is 35.5. The maximum Gasteiger partial charge on any atom is 0.326 e. The Morgan fingerprint density at radius 3 is 2.29 bits per heavy atom. The van der Waals surface area contributed by atoms with Crippen LogP contribution in [0.25, 0.3) is 11.1 Å². The van der Waals surface area contributed by atoms with Crippen molar-refractivity contribution in [1.29, 1.82) is 5.26 Å². The number of aryl methyl sites for hydroxylation is 1. The molecule has 18 heteroatoms. The Balaban J connectivity index is 1.03. The Morgan fingerprint density at radius 2 is 1.62 bits per heavy atom. The second kappa shape index (κ2) is 19.5. The van der Waals surface area contributed by atoms with Gasteiger partial charge < -0.3 is 30.0 Å². The van der Waals surface area contributed by atoms with Gasteiger partial charge in [-0.25, -0.2) is 18.2 Å². The van der Waals surface area contributed by atoms with Gasteiger partial charge in [-0.1, -0.05) is 96.1 Å². The molecule has 66 heavy (non-hydrogen) atoms. The number of hydrogen-bond acceptors (Lipinski definition) is 11. The first-order valence-electron chi connectivity index (χ1n) is 20.7. The molecule has 3 N–H and O–H groups in total. The highest BCUT2D eigenvalue weighted by Gasteiger charge is 2.43. The standard InChI is InChI=1S/C48H41Cl2N5O9S2/c1-3-44(56)54-48-52-27(2)47(65-48)66(60,61)55-24-35-22-42-41(63-26-43(64-42)33-13-15-36(16-14-33)62-25-30-8-17-37(49)38(50)18-30)21-34(35)20-40(55)45(57)53-39(46(58)59)19-28-4-9-31(10-5-28)32-11-6-29(23-51)7-12-32/h4-18,21-22,39-40,43H,3,19-20,24-26H2,1-2H3,(H,53,57)(H,58,59)(H,52,54,56)/t39-,40-,43?/m0/s1. The Kier molecular flexibility index (Phi) is 13.6. The summed E-state index contributed by atoms with van der Waals surface area (Å²) in [7, 11) is -4.49. The Labute approximate surface area is 394 Å². The summed E-state index contributed by atoms with van der Waals surface area (Å²) in [5.41, 5.74) is 5.81. The lowest BCUT2D eigenvalue weighted by molar-refractivity contribution is -0.142. The number of amides is 2. The first-order chi connectivity index (χ1) is 31.7. The number of fused-ring (bicyclic) bond motifs is 2. The van der Waals surface area contributed by atoms with Crippen LogP contribution < -0.4 is 24.8 Å². The van der Waals surface area contributed by atoms with Gasteiger partial charge in [-0.2, -0.15) is 9.57 Å². The molecule has 8 rings (SSSR count). The smallest absolute Gasteiger partial charge is 0.326 e.